The highest BCUT2D eigenvalue weighted by Gasteiger charge is 2.32. The molecular formula is C16H21N3OS2. The van der Waals surface area contributed by atoms with E-state index in [2.05, 4.69) is 30.4 Å². The van der Waals surface area contributed by atoms with Crippen LogP contribution in [0.1, 0.15) is 37.6 Å². The summed E-state index contributed by atoms with van der Waals surface area (Å²) in [4.78, 5) is 11.4. The van der Waals surface area contributed by atoms with Gasteiger partial charge in [-0.25, -0.2) is 9.97 Å². The molecule has 1 aliphatic rings. The van der Waals surface area contributed by atoms with Crippen LogP contribution in [0.4, 0.5) is 5.82 Å². The summed E-state index contributed by atoms with van der Waals surface area (Å²) >= 11 is 3.26. The molecule has 0 spiro atoms. The Labute approximate surface area is 139 Å². The highest BCUT2D eigenvalue weighted by molar-refractivity contribution is 7.99. The van der Waals surface area contributed by atoms with Gasteiger partial charge in [0.1, 0.15) is 10.6 Å². The number of hydrogen-bond acceptors (Lipinski definition) is 6. The SMILES string of the molecule is C=C(C)CSc1nc(N)c2c3c(sc2n1)CO[C@](C)(CC)C3. The van der Waals surface area contributed by atoms with Crippen molar-refractivity contribution in [3.05, 3.63) is 22.6 Å². The fourth-order valence-electron chi connectivity index (χ4n) is 2.56. The summed E-state index contributed by atoms with van der Waals surface area (Å²) in [5, 5.41) is 1.76. The summed E-state index contributed by atoms with van der Waals surface area (Å²) in [6.45, 7) is 10.9. The van der Waals surface area contributed by atoms with Gasteiger partial charge in [-0.2, -0.15) is 0 Å². The first-order valence-electron chi connectivity index (χ1n) is 7.41. The van der Waals surface area contributed by atoms with Crippen molar-refractivity contribution < 1.29 is 4.74 Å². The van der Waals surface area contributed by atoms with E-state index in [-0.39, 0.29) is 5.60 Å². The topological polar surface area (TPSA) is 61.0 Å². The molecule has 118 valence electrons. The molecule has 0 aromatic carbocycles. The Morgan fingerprint density at radius 2 is 2.27 bits per heavy atom. The van der Waals surface area contributed by atoms with Crippen LogP contribution in [0.3, 0.4) is 0 Å². The lowest BCUT2D eigenvalue weighted by atomic mass is 9.90. The molecule has 0 saturated heterocycles. The number of hydrogen-bond donors (Lipinski definition) is 1. The zero-order valence-electron chi connectivity index (χ0n) is 13.2. The van der Waals surface area contributed by atoms with Crippen molar-refractivity contribution in [2.24, 2.45) is 0 Å². The van der Waals surface area contributed by atoms with Crippen molar-refractivity contribution in [1.29, 1.82) is 0 Å². The van der Waals surface area contributed by atoms with Gasteiger partial charge >= 0.3 is 0 Å². The third-order valence-corrected chi connectivity index (χ3v) is 6.22. The molecule has 0 bridgehead atoms. The number of ether oxygens (including phenoxy) is 1. The highest BCUT2D eigenvalue weighted by atomic mass is 32.2. The Bertz CT molecular complexity index is 741. The fourth-order valence-corrected chi connectivity index (χ4v) is 4.42. The molecule has 3 rings (SSSR count). The molecule has 0 unspecified atom stereocenters. The molecule has 2 N–H and O–H groups in total. The molecular weight excluding hydrogens is 314 g/mol. The van der Waals surface area contributed by atoms with Crippen molar-refractivity contribution in [3.63, 3.8) is 0 Å². The summed E-state index contributed by atoms with van der Waals surface area (Å²) in [7, 11) is 0. The molecule has 2 aromatic heterocycles. The number of nitrogens with two attached hydrogens (primary N) is 1. The maximum Gasteiger partial charge on any atom is 0.191 e. The average Bonchev–Trinajstić information content (AvgIpc) is 2.83. The van der Waals surface area contributed by atoms with Gasteiger partial charge in [0.2, 0.25) is 0 Å². The number of thioether (sulfide) groups is 1. The number of nitrogens with zero attached hydrogens (tertiary/aromatic N) is 2. The molecule has 22 heavy (non-hydrogen) atoms. The monoisotopic (exact) mass is 335 g/mol. The van der Waals surface area contributed by atoms with Crippen LogP contribution >= 0.6 is 23.1 Å². The summed E-state index contributed by atoms with van der Waals surface area (Å²) in [5.41, 5.74) is 8.51. The Hall–Kier alpha value is -1.11. The van der Waals surface area contributed by atoms with Crippen molar-refractivity contribution in [1.82, 2.24) is 9.97 Å². The second-order valence-corrected chi connectivity index (χ2v) is 8.12. The molecule has 3 heterocycles. The zero-order chi connectivity index (χ0) is 15.9. The number of nitrogen functional groups attached to an aromatic ring is 1. The van der Waals surface area contributed by atoms with Crippen molar-refractivity contribution in [2.45, 2.75) is 51.0 Å². The second kappa shape index (κ2) is 5.83. The Morgan fingerprint density at radius 3 is 2.95 bits per heavy atom. The van der Waals surface area contributed by atoms with Crippen molar-refractivity contribution >= 4 is 39.1 Å². The van der Waals surface area contributed by atoms with E-state index in [9.17, 15) is 0 Å². The average molecular weight is 335 g/mol. The van der Waals surface area contributed by atoms with E-state index in [1.165, 1.54) is 10.4 Å². The van der Waals surface area contributed by atoms with Gasteiger partial charge in [0.15, 0.2) is 5.16 Å². The van der Waals surface area contributed by atoms with E-state index in [1.54, 1.807) is 23.1 Å². The van der Waals surface area contributed by atoms with Gasteiger partial charge < -0.3 is 10.5 Å². The van der Waals surface area contributed by atoms with Crippen LogP contribution < -0.4 is 5.73 Å². The fraction of sp³-hybridized carbons (Fsp3) is 0.500. The van der Waals surface area contributed by atoms with E-state index in [1.807, 2.05) is 6.92 Å². The van der Waals surface area contributed by atoms with Gasteiger partial charge in [-0.15, -0.1) is 11.3 Å². The van der Waals surface area contributed by atoms with Crippen LogP contribution in [0.25, 0.3) is 10.2 Å². The summed E-state index contributed by atoms with van der Waals surface area (Å²) in [6, 6.07) is 0. The Balaban J connectivity index is 2.02. The first-order valence-corrected chi connectivity index (χ1v) is 9.21. The first kappa shape index (κ1) is 15.8. The van der Waals surface area contributed by atoms with Gasteiger partial charge in [-0.05, 0) is 25.8 Å². The zero-order valence-corrected chi connectivity index (χ0v) is 14.9. The Morgan fingerprint density at radius 1 is 1.50 bits per heavy atom. The van der Waals surface area contributed by atoms with E-state index in [0.717, 1.165) is 39.5 Å². The third-order valence-electron chi connectivity index (χ3n) is 4.04. The van der Waals surface area contributed by atoms with E-state index in [0.29, 0.717) is 12.4 Å². The predicted molar refractivity (Wildman–Crippen MR) is 94.6 cm³/mol. The van der Waals surface area contributed by atoms with Crippen LogP contribution in [-0.4, -0.2) is 21.3 Å². The molecule has 0 fully saturated rings. The normalized spacial score (nSPS) is 21.0. The van der Waals surface area contributed by atoms with E-state index >= 15 is 0 Å². The summed E-state index contributed by atoms with van der Waals surface area (Å²) in [6.07, 6.45) is 1.86. The lowest BCUT2D eigenvalue weighted by Gasteiger charge is -2.33. The number of fused-ring (bicyclic) bond motifs is 3. The van der Waals surface area contributed by atoms with E-state index < -0.39 is 0 Å². The maximum atomic E-state index is 6.24. The number of rotatable bonds is 4. The number of aromatic nitrogens is 2. The lowest BCUT2D eigenvalue weighted by Crippen LogP contribution is -2.33. The predicted octanol–water partition coefficient (Wildman–Crippen LogP) is 4.18. The van der Waals surface area contributed by atoms with Gasteiger partial charge in [0.05, 0.1) is 17.6 Å². The minimum absolute atomic E-state index is 0.110. The van der Waals surface area contributed by atoms with Gasteiger partial charge in [-0.3, -0.25) is 0 Å². The molecule has 0 amide bonds. The molecule has 6 heteroatoms. The minimum atomic E-state index is -0.110. The molecule has 1 atom stereocenters. The lowest BCUT2D eigenvalue weighted by molar-refractivity contribution is -0.0542. The van der Waals surface area contributed by atoms with Crippen LogP contribution in [0.15, 0.2) is 17.3 Å². The van der Waals surface area contributed by atoms with Crippen LogP contribution in [0.5, 0.6) is 0 Å². The second-order valence-electron chi connectivity index (χ2n) is 6.09. The molecule has 1 aliphatic heterocycles. The molecule has 2 aromatic rings. The highest BCUT2D eigenvalue weighted by Crippen LogP contribution is 2.41. The van der Waals surface area contributed by atoms with Gasteiger partial charge in [0, 0.05) is 17.1 Å². The quantitative estimate of drug-likeness (QED) is 0.516. The molecule has 0 aliphatic carbocycles. The third kappa shape index (κ3) is 2.87. The van der Waals surface area contributed by atoms with Crippen molar-refractivity contribution in [2.75, 3.05) is 11.5 Å². The maximum absolute atomic E-state index is 6.24. The largest absolute Gasteiger partial charge is 0.383 e. The number of anilines is 1. The van der Waals surface area contributed by atoms with Gasteiger partial charge in [-0.1, -0.05) is 30.8 Å². The summed E-state index contributed by atoms with van der Waals surface area (Å²) in [5.74, 6) is 1.40. The van der Waals surface area contributed by atoms with Crippen LogP contribution in [0.2, 0.25) is 0 Å². The smallest absolute Gasteiger partial charge is 0.191 e. The first-order chi connectivity index (χ1) is 10.4. The number of thiophene rings is 1. The molecule has 4 nitrogen and oxygen atoms in total. The van der Waals surface area contributed by atoms with Crippen molar-refractivity contribution in [3.8, 4) is 0 Å². The molecule has 0 saturated carbocycles. The molecule has 0 radical (unpaired) electrons. The van der Waals surface area contributed by atoms with E-state index in [4.69, 9.17) is 10.5 Å². The van der Waals surface area contributed by atoms with Crippen LogP contribution in [-0.2, 0) is 17.8 Å². The van der Waals surface area contributed by atoms with Gasteiger partial charge in [0.25, 0.3) is 0 Å². The summed E-state index contributed by atoms with van der Waals surface area (Å²) < 4.78 is 6.02. The Kier molecular flexibility index (Phi) is 4.18. The minimum Gasteiger partial charge on any atom is -0.383 e. The van der Waals surface area contributed by atoms with Crippen LogP contribution in [0, 0.1) is 0 Å². The standard InChI is InChI=1S/C16H21N3OS2/c1-5-16(4)6-10-11(7-20-16)22-14-12(10)13(17)18-15(19-14)21-8-9(2)3/h2,5-8H2,1,3-4H3,(H2,17,18,19)/t16-/m1/s1.